The Balaban J connectivity index is 1.78. The van der Waals surface area contributed by atoms with Gasteiger partial charge in [-0.05, 0) is 63.7 Å². The summed E-state index contributed by atoms with van der Waals surface area (Å²) in [7, 11) is 0. The summed E-state index contributed by atoms with van der Waals surface area (Å²) in [6, 6.07) is 12.2. The van der Waals surface area contributed by atoms with Gasteiger partial charge >= 0.3 is 0 Å². The van der Waals surface area contributed by atoms with Crippen molar-refractivity contribution in [1.82, 2.24) is 10.3 Å². The standard InChI is InChI=1S/C19H23N3OS/c1-12-8-9-14-15(11-19(3,4)23-16(14)10-12)21-18(24)22-17-7-5-6-13(2)20-17/h5-10,15H,11H2,1-4H3,(H2,20,21,22,24)/t15-/m0/s1. The van der Waals surface area contributed by atoms with Gasteiger partial charge in [0.05, 0.1) is 6.04 Å². The van der Waals surface area contributed by atoms with Crippen LogP contribution in [0.2, 0.25) is 0 Å². The van der Waals surface area contributed by atoms with Crippen LogP contribution in [0.5, 0.6) is 5.75 Å². The normalized spacial score (nSPS) is 18.2. The van der Waals surface area contributed by atoms with Gasteiger partial charge in [-0.2, -0.15) is 0 Å². The van der Waals surface area contributed by atoms with Crippen LogP contribution in [0.15, 0.2) is 36.4 Å². The third-order valence-corrected chi connectivity index (χ3v) is 4.28. The summed E-state index contributed by atoms with van der Waals surface area (Å²) in [5, 5.41) is 7.16. The van der Waals surface area contributed by atoms with Crippen LogP contribution < -0.4 is 15.4 Å². The largest absolute Gasteiger partial charge is 0.487 e. The zero-order valence-electron chi connectivity index (χ0n) is 14.5. The Labute approximate surface area is 148 Å². The Morgan fingerprint density at radius 2 is 2.04 bits per heavy atom. The van der Waals surface area contributed by atoms with E-state index in [0.717, 1.165) is 29.2 Å². The van der Waals surface area contributed by atoms with Crippen molar-refractivity contribution in [1.29, 1.82) is 0 Å². The zero-order chi connectivity index (χ0) is 17.3. The highest BCUT2D eigenvalue weighted by atomic mass is 32.1. The summed E-state index contributed by atoms with van der Waals surface area (Å²) in [6.45, 7) is 8.24. The summed E-state index contributed by atoms with van der Waals surface area (Å²) in [6.07, 6.45) is 0.839. The monoisotopic (exact) mass is 341 g/mol. The molecule has 2 aromatic rings. The van der Waals surface area contributed by atoms with Crippen LogP contribution >= 0.6 is 12.2 Å². The number of nitrogens with one attached hydrogen (secondary N) is 2. The maximum Gasteiger partial charge on any atom is 0.172 e. The number of aryl methyl sites for hydroxylation is 2. The zero-order valence-corrected chi connectivity index (χ0v) is 15.3. The fraction of sp³-hybridized carbons (Fsp3) is 0.368. The summed E-state index contributed by atoms with van der Waals surface area (Å²) in [5.74, 6) is 1.68. The molecule has 0 saturated carbocycles. The molecule has 1 aliphatic heterocycles. The first-order chi connectivity index (χ1) is 11.3. The number of hydrogen-bond donors (Lipinski definition) is 2. The minimum Gasteiger partial charge on any atom is -0.487 e. The van der Waals surface area contributed by atoms with Gasteiger partial charge in [-0.1, -0.05) is 18.2 Å². The smallest absolute Gasteiger partial charge is 0.172 e. The molecule has 0 unspecified atom stereocenters. The van der Waals surface area contributed by atoms with E-state index in [4.69, 9.17) is 17.0 Å². The number of fused-ring (bicyclic) bond motifs is 1. The SMILES string of the molecule is Cc1ccc2c(c1)OC(C)(C)C[C@@H]2NC(=S)Nc1cccc(C)n1. The van der Waals surface area contributed by atoms with Crippen LogP contribution in [-0.4, -0.2) is 15.7 Å². The molecule has 3 rings (SSSR count). The number of thiocarbonyl (C=S) groups is 1. The van der Waals surface area contributed by atoms with E-state index in [1.807, 2.05) is 25.1 Å². The number of nitrogens with zero attached hydrogens (tertiary/aromatic N) is 1. The summed E-state index contributed by atoms with van der Waals surface area (Å²) in [4.78, 5) is 4.43. The van der Waals surface area contributed by atoms with Crippen molar-refractivity contribution in [3.8, 4) is 5.75 Å². The molecule has 0 spiro atoms. The molecule has 1 aromatic carbocycles. The van der Waals surface area contributed by atoms with E-state index in [-0.39, 0.29) is 11.6 Å². The Morgan fingerprint density at radius 1 is 1.25 bits per heavy atom. The lowest BCUT2D eigenvalue weighted by Gasteiger charge is -2.38. The lowest BCUT2D eigenvalue weighted by Crippen LogP contribution is -2.42. The first-order valence-corrected chi connectivity index (χ1v) is 8.54. The second-order valence-electron chi connectivity index (χ2n) is 6.92. The van der Waals surface area contributed by atoms with Crippen molar-refractivity contribution in [2.45, 2.75) is 45.8 Å². The molecule has 126 valence electrons. The predicted octanol–water partition coefficient (Wildman–Crippen LogP) is 4.29. The number of pyridine rings is 1. The Morgan fingerprint density at radius 3 is 2.79 bits per heavy atom. The number of ether oxygens (including phenoxy) is 1. The molecule has 0 bridgehead atoms. The number of hydrogen-bond acceptors (Lipinski definition) is 3. The molecule has 2 N–H and O–H groups in total. The van der Waals surface area contributed by atoms with Crippen molar-refractivity contribution in [2.75, 3.05) is 5.32 Å². The molecule has 1 aromatic heterocycles. The highest BCUT2D eigenvalue weighted by Crippen LogP contribution is 2.39. The fourth-order valence-electron chi connectivity index (χ4n) is 3.01. The van der Waals surface area contributed by atoms with E-state index in [1.165, 1.54) is 5.56 Å². The highest BCUT2D eigenvalue weighted by Gasteiger charge is 2.34. The van der Waals surface area contributed by atoms with E-state index < -0.39 is 0 Å². The van der Waals surface area contributed by atoms with Crippen LogP contribution in [0.25, 0.3) is 0 Å². The molecule has 0 radical (unpaired) electrons. The molecule has 5 heteroatoms. The Hall–Kier alpha value is -2.14. The molecular formula is C19H23N3OS. The van der Waals surface area contributed by atoms with Crippen LogP contribution in [0.4, 0.5) is 5.82 Å². The number of rotatable bonds is 2. The second-order valence-corrected chi connectivity index (χ2v) is 7.33. The Kier molecular flexibility index (Phi) is 4.45. The maximum atomic E-state index is 6.13. The van der Waals surface area contributed by atoms with Gasteiger partial charge in [0, 0.05) is 17.7 Å². The van der Waals surface area contributed by atoms with Crippen molar-refractivity contribution >= 4 is 23.1 Å². The molecule has 1 aliphatic rings. The van der Waals surface area contributed by atoms with Crippen molar-refractivity contribution in [3.63, 3.8) is 0 Å². The van der Waals surface area contributed by atoms with Crippen LogP contribution in [0, 0.1) is 13.8 Å². The number of aromatic nitrogens is 1. The third kappa shape index (κ3) is 3.85. The topological polar surface area (TPSA) is 46.2 Å². The average Bonchev–Trinajstić information content (AvgIpc) is 2.45. The summed E-state index contributed by atoms with van der Waals surface area (Å²) < 4.78 is 6.13. The van der Waals surface area contributed by atoms with Crippen molar-refractivity contribution < 1.29 is 4.74 Å². The van der Waals surface area contributed by atoms with Gasteiger partial charge in [-0.3, -0.25) is 0 Å². The van der Waals surface area contributed by atoms with E-state index >= 15 is 0 Å². The fourth-order valence-corrected chi connectivity index (χ4v) is 3.26. The van der Waals surface area contributed by atoms with Crippen molar-refractivity contribution in [3.05, 3.63) is 53.2 Å². The number of anilines is 1. The van der Waals surface area contributed by atoms with Gasteiger partial charge in [0.1, 0.15) is 17.2 Å². The second kappa shape index (κ2) is 6.40. The molecule has 0 saturated heterocycles. The molecule has 0 amide bonds. The molecule has 0 aliphatic carbocycles. The van der Waals surface area contributed by atoms with Gasteiger partial charge in [0.15, 0.2) is 5.11 Å². The maximum absolute atomic E-state index is 6.13. The average molecular weight is 341 g/mol. The minimum absolute atomic E-state index is 0.106. The summed E-state index contributed by atoms with van der Waals surface area (Å²) >= 11 is 5.49. The van der Waals surface area contributed by atoms with Crippen LogP contribution in [-0.2, 0) is 0 Å². The van der Waals surface area contributed by atoms with Gasteiger partial charge in [-0.25, -0.2) is 4.98 Å². The van der Waals surface area contributed by atoms with Gasteiger partial charge in [0.25, 0.3) is 0 Å². The van der Waals surface area contributed by atoms with Crippen LogP contribution in [0.1, 0.15) is 43.1 Å². The molecule has 2 heterocycles. The Bertz CT molecular complexity index is 773. The van der Waals surface area contributed by atoms with E-state index in [0.29, 0.717) is 5.11 Å². The minimum atomic E-state index is -0.240. The first-order valence-electron chi connectivity index (χ1n) is 8.13. The van der Waals surface area contributed by atoms with Gasteiger partial charge in [-0.15, -0.1) is 0 Å². The quantitative estimate of drug-likeness (QED) is 0.798. The lowest BCUT2D eigenvalue weighted by atomic mass is 9.89. The molecular weight excluding hydrogens is 318 g/mol. The number of benzene rings is 1. The van der Waals surface area contributed by atoms with E-state index in [1.54, 1.807) is 0 Å². The summed E-state index contributed by atoms with van der Waals surface area (Å²) in [5.41, 5.74) is 3.04. The first kappa shape index (κ1) is 16.7. The van der Waals surface area contributed by atoms with Crippen LogP contribution in [0.3, 0.4) is 0 Å². The van der Waals surface area contributed by atoms with E-state index in [9.17, 15) is 0 Å². The molecule has 1 atom stereocenters. The third-order valence-electron chi connectivity index (χ3n) is 4.06. The van der Waals surface area contributed by atoms with Gasteiger partial charge in [0.2, 0.25) is 0 Å². The van der Waals surface area contributed by atoms with Gasteiger partial charge < -0.3 is 15.4 Å². The predicted molar refractivity (Wildman–Crippen MR) is 102 cm³/mol. The lowest BCUT2D eigenvalue weighted by molar-refractivity contribution is 0.0696. The highest BCUT2D eigenvalue weighted by molar-refractivity contribution is 7.80. The molecule has 4 nitrogen and oxygen atoms in total. The molecule has 24 heavy (non-hydrogen) atoms. The van der Waals surface area contributed by atoms with E-state index in [2.05, 4.69) is 54.6 Å². The molecule has 0 fully saturated rings. The van der Waals surface area contributed by atoms with Crippen molar-refractivity contribution in [2.24, 2.45) is 0 Å².